The maximum Gasteiger partial charge on any atom is 0.250 e. The van der Waals surface area contributed by atoms with Crippen LogP contribution in [0.1, 0.15) is 47.8 Å². The number of nitrogens with zero attached hydrogens (tertiary/aromatic N) is 1. The van der Waals surface area contributed by atoms with Crippen LogP contribution in [-0.4, -0.2) is 21.9 Å². The summed E-state index contributed by atoms with van der Waals surface area (Å²) in [6, 6.07) is 5.57. The molecular weight excluding hydrogens is 240 g/mol. The molecule has 5 heteroatoms. The number of amides is 1. The third kappa shape index (κ3) is 2.10. The number of fused-ring (bicyclic) bond motifs is 1. The molecule has 2 unspecified atom stereocenters. The Morgan fingerprint density at radius 1 is 1.32 bits per heavy atom. The van der Waals surface area contributed by atoms with E-state index in [-0.39, 0.29) is 12.0 Å². The van der Waals surface area contributed by atoms with E-state index in [1.807, 2.05) is 12.1 Å². The van der Waals surface area contributed by atoms with Gasteiger partial charge in [-0.2, -0.15) is 0 Å². The quantitative estimate of drug-likeness (QED) is 0.763. The lowest BCUT2D eigenvalue weighted by Gasteiger charge is -2.26. The van der Waals surface area contributed by atoms with E-state index in [1.165, 1.54) is 12.8 Å². The number of hydrogen-bond donors (Lipinski definition) is 3. The zero-order valence-corrected chi connectivity index (χ0v) is 10.7. The molecule has 2 atom stereocenters. The number of imidazole rings is 1. The number of benzene rings is 1. The van der Waals surface area contributed by atoms with Crippen LogP contribution in [0.25, 0.3) is 11.0 Å². The van der Waals surface area contributed by atoms with Crippen LogP contribution in [0, 0.1) is 0 Å². The van der Waals surface area contributed by atoms with E-state index in [0.717, 1.165) is 24.2 Å². The number of H-pyrrole nitrogens is 1. The van der Waals surface area contributed by atoms with E-state index in [4.69, 9.17) is 11.5 Å². The summed E-state index contributed by atoms with van der Waals surface area (Å²) in [5, 5.41) is 0. The van der Waals surface area contributed by atoms with Gasteiger partial charge in [-0.25, -0.2) is 4.98 Å². The maximum atomic E-state index is 11.4. The molecule has 1 heterocycles. The molecule has 1 aliphatic carbocycles. The number of nitrogens with one attached hydrogen (secondary N) is 1. The number of carbonyl (C=O) groups is 1. The number of carbonyl (C=O) groups excluding carboxylic acids is 1. The normalized spacial score (nSPS) is 23.6. The van der Waals surface area contributed by atoms with Gasteiger partial charge >= 0.3 is 0 Å². The molecule has 0 aliphatic heterocycles. The van der Waals surface area contributed by atoms with Crippen LogP contribution in [0.15, 0.2) is 18.2 Å². The second-order valence-corrected chi connectivity index (χ2v) is 5.24. The molecule has 1 fully saturated rings. The van der Waals surface area contributed by atoms with E-state index >= 15 is 0 Å². The van der Waals surface area contributed by atoms with Gasteiger partial charge in [-0.15, -0.1) is 0 Å². The van der Waals surface area contributed by atoms with Gasteiger partial charge in [0.1, 0.15) is 11.3 Å². The van der Waals surface area contributed by atoms with Crippen LogP contribution in [0.2, 0.25) is 0 Å². The molecule has 1 aromatic heterocycles. The van der Waals surface area contributed by atoms with Crippen LogP contribution in [-0.2, 0) is 0 Å². The molecule has 100 valence electrons. The highest BCUT2D eigenvalue weighted by molar-refractivity contribution is 6.04. The summed E-state index contributed by atoms with van der Waals surface area (Å²) in [7, 11) is 0. The zero-order valence-electron chi connectivity index (χ0n) is 10.7. The lowest BCUT2D eigenvalue weighted by Crippen LogP contribution is -2.31. The van der Waals surface area contributed by atoms with Gasteiger partial charge in [0.15, 0.2) is 0 Å². The fourth-order valence-electron chi connectivity index (χ4n) is 2.92. The van der Waals surface area contributed by atoms with Crippen molar-refractivity contribution < 1.29 is 4.79 Å². The van der Waals surface area contributed by atoms with Gasteiger partial charge in [0.05, 0.1) is 11.1 Å². The van der Waals surface area contributed by atoms with E-state index in [2.05, 4.69) is 9.97 Å². The summed E-state index contributed by atoms with van der Waals surface area (Å²) in [4.78, 5) is 19.3. The van der Waals surface area contributed by atoms with Crippen LogP contribution in [0.3, 0.4) is 0 Å². The first-order valence-corrected chi connectivity index (χ1v) is 6.71. The van der Waals surface area contributed by atoms with Crippen molar-refractivity contribution >= 4 is 16.9 Å². The van der Waals surface area contributed by atoms with Crippen molar-refractivity contribution in [1.29, 1.82) is 0 Å². The number of primary amides is 1. The first kappa shape index (κ1) is 12.2. The molecule has 19 heavy (non-hydrogen) atoms. The summed E-state index contributed by atoms with van der Waals surface area (Å²) in [6.07, 6.45) is 4.44. The molecule has 2 aromatic rings. The highest BCUT2D eigenvalue weighted by Gasteiger charge is 2.26. The lowest BCUT2D eigenvalue weighted by molar-refractivity contribution is 0.100. The van der Waals surface area contributed by atoms with E-state index < -0.39 is 5.91 Å². The van der Waals surface area contributed by atoms with Crippen LogP contribution in [0.4, 0.5) is 0 Å². The summed E-state index contributed by atoms with van der Waals surface area (Å²) >= 11 is 0. The molecule has 1 aromatic carbocycles. The standard InChI is InChI=1S/C14H18N4O/c15-10-6-2-1-4-8(10)14-17-11-7-3-5-9(13(16)19)12(11)18-14/h3,5,7-8,10H,1-2,4,6,15H2,(H2,16,19)(H,17,18). The first-order valence-electron chi connectivity index (χ1n) is 6.71. The van der Waals surface area contributed by atoms with Crippen molar-refractivity contribution in [2.24, 2.45) is 11.5 Å². The van der Waals surface area contributed by atoms with Crippen LogP contribution < -0.4 is 11.5 Å². The largest absolute Gasteiger partial charge is 0.366 e. The Kier molecular flexibility index (Phi) is 2.98. The molecule has 1 saturated carbocycles. The van der Waals surface area contributed by atoms with Gasteiger partial charge in [-0.1, -0.05) is 18.9 Å². The van der Waals surface area contributed by atoms with Crippen molar-refractivity contribution in [3.63, 3.8) is 0 Å². The number of rotatable bonds is 2. The number of aromatic amines is 1. The molecule has 1 amide bonds. The monoisotopic (exact) mass is 258 g/mol. The zero-order chi connectivity index (χ0) is 13.4. The smallest absolute Gasteiger partial charge is 0.250 e. The van der Waals surface area contributed by atoms with Gasteiger partial charge in [-0.3, -0.25) is 4.79 Å². The Balaban J connectivity index is 2.06. The Labute approximate surface area is 111 Å². The SMILES string of the molecule is NC(=O)c1cccc2[nH]c(C3CCCCC3N)nc12. The van der Waals surface area contributed by atoms with Crippen molar-refractivity contribution in [1.82, 2.24) is 9.97 Å². The van der Waals surface area contributed by atoms with E-state index in [9.17, 15) is 4.79 Å². The minimum Gasteiger partial charge on any atom is -0.366 e. The van der Waals surface area contributed by atoms with Crippen molar-refractivity contribution in [2.45, 2.75) is 37.6 Å². The fourth-order valence-corrected chi connectivity index (χ4v) is 2.92. The summed E-state index contributed by atoms with van der Waals surface area (Å²) in [5.41, 5.74) is 13.5. The van der Waals surface area contributed by atoms with Gasteiger partial charge in [0.25, 0.3) is 5.91 Å². The van der Waals surface area contributed by atoms with Gasteiger partial charge < -0.3 is 16.5 Å². The number of hydrogen-bond acceptors (Lipinski definition) is 3. The van der Waals surface area contributed by atoms with Gasteiger partial charge in [-0.05, 0) is 25.0 Å². The predicted molar refractivity (Wildman–Crippen MR) is 73.8 cm³/mol. The summed E-state index contributed by atoms with van der Waals surface area (Å²) in [5.74, 6) is 0.689. The van der Waals surface area contributed by atoms with E-state index in [1.54, 1.807) is 6.07 Å². The number of nitrogens with two attached hydrogens (primary N) is 2. The van der Waals surface area contributed by atoms with Crippen LogP contribution >= 0.6 is 0 Å². The van der Waals surface area contributed by atoms with Crippen molar-refractivity contribution in [3.8, 4) is 0 Å². The Bertz CT molecular complexity index is 619. The molecule has 0 spiro atoms. The average molecular weight is 258 g/mol. The van der Waals surface area contributed by atoms with Gasteiger partial charge in [0, 0.05) is 12.0 Å². The maximum absolute atomic E-state index is 11.4. The summed E-state index contributed by atoms with van der Waals surface area (Å²) < 4.78 is 0. The number of para-hydroxylation sites is 1. The Morgan fingerprint density at radius 2 is 2.11 bits per heavy atom. The highest BCUT2D eigenvalue weighted by Crippen LogP contribution is 2.31. The fraction of sp³-hybridized carbons (Fsp3) is 0.429. The highest BCUT2D eigenvalue weighted by atomic mass is 16.1. The predicted octanol–water partition coefficient (Wildman–Crippen LogP) is 1.65. The molecule has 0 radical (unpaired) electrons. The molecular formula is C14H18N4O. The minimum atomic E-state index is -0.448. The first-order chi connectivity index (χ1) is 9.16. The van der Waals surface area contributed by atoms with E-state index in [0.29, 0.717) is 11.1 Å². The lowest BCUT2D eigenvalue weighted by atomic mass is 9.84. The molecule has 0 bridgehead atoms. The van der Waals surface area contributed by atoms with Crippen molar-refractivity contribution in [2.75, 3.05) is 0 Å². The second-order valence-electron chi connectivity index (χ2n) is 5.24. The Hall–Kier alpha value is -1.88. The molecule has 0 saturated heterocycles. The second kappa shape index (κ2) is 4.66. The topological polar surface area (TPSA) is 97.8 Å². The third-order valence-corrected chi connectivity index (χ3v) is 3.97. The third-order valence-electron chi connectivity index (χ3n) is 3.97. The minimum absolute atomic E-state index is 0.145. The molecule has 3 rings (SSSR count). The number of aromatic nitrogens is 2. The molecule has 5 nitrogen and oxygen atoms in total. The molecule has 5 N–H and O–H groups in total. The van der Waals surface area contributed by atoms with Crippen molar-refractivity contribution in [3.05, 3.63) is 29.6 Å². The Morgan fingerprint density at radius 3 is 2.84 bits per heavy atom. The average Bonchev–Trinajstić information content (AvgIpc) is 2.82. The molecule has 1 aliphatic rings. The van der Waals surface area contributed by atoms with Gasteiger partial charge in [0.2, 0.25) is 0 Å². The van der Waals surface area contributed by atoms with Crippen LogP contribution in [0.5, 0.6) is 0 Å². The summed E-state index contributed by atoms with van der Waals surface area (Å²) in [6.45, 7) is 0.